The second kappa shape index (κ2) is 9.62. The zero-order chi connectivity index (χ0) is 19.1. The Morgan fingerprint density at radius 2 is 1.93 bits per heavy atom. The molecule has 0 radical (unpaired) electrons. The lowest BCUT2D eigenvalue weighted by Gasteiger charge is -2.19. The van der Waals surface area contributed by atoms with Crippen molar-refractivity contribution in [3.05, 3.63) is 82.9 Å². The number of aryl methyl sites for hydroxylation is 1. The number of hydrogen-bond donors (Lipinski definition) is 2. The van der Waals surface area contributed by atoms with Gasteiger partial charge in [0.05, 0.1) is 0 Å². The number of aromatic nitrogens is 2. The number of nitrogens with zero attached hydrogens (tertiary/aromatic N) is 2. The highest BCUT2D eigenvalue weighted by Crippen LogP contribution is 2.21. The van der Waals surface area contributed by atoms with E-state index in [2.05, 4.69) is 43.7 Å². The average molecular weight is 445 g/mol. The van der Waals surface area contributed by atoms with Gasteiger partial charge in [-0.2, -0.15) is 0 Å². The normalized spacial score (nSPS) is 11.8. The molecule has 2 N–H and O–H groups in total. The zero-order valence-corrected chi connectivity index (χ0v) is 17.3. The Balaban J connectivity index is 1.55. The van der Waals surface area contributed by atoms with Crippen LogP contribution in [0.5, 0.6) is 0 Å². The monoisotopic (exact) mass is 444 g/mol. The van der Waals surface area contributed by atoms with Crippen LogP contribution in [-0.2, 0) is 7.05 Å². The van der Waals surface area contributed by atoms with Gasteiger partial charge in [0.1, 0.15) is 11.9 Å². The zero-order valence-electron chi connectivity index (χ0n) is 14.9. The Kier molecular flexibility index (Phi) is 6.95. The molecule has 0 saturated heterocycles. The molecule has 3 rings (SSSR count). The van der Waals surface area contributed by atoms with E-state index in [1.54, 1.807) is 18.0 Å². The molecule has 1 unspecified atom stereocenters. The van der Waals surface area contributed by atoms with Crippen molar-refractivity contribution < 1.29 is 4.79 Å². The van der Waals surface area contributed by atoms with Gasteiger partial charge in [-0.3, -0.25) is 0 Å². The standard InChI is InChI=1S/C20H21BrN4OS/c1-25-13-11-22-19(25)18(15-5-3-2-4-6-15)24-20(26)23-12-14-27-17-9-7-16(21)8-10-17/h2-11,13,18H,12,14H2,1H3,(H2,23,24,26). The van der Waals surface area contributed by atoms with Gasteiger partial charge in [0.25, 0.3) is 0 Å². The largest absolute Gasteiger partial charge is 0.337 e. The van der Waals surface area contributed by atoms with Crippen LogP contribution in [-0.4, -0.2) is 27.9 Å². The lowest BCUT2D eigenvalue weighted by Crippen LogP contribution is -2.40. The van der Waals surface area contributed by atoms with Gasteiger partial charge in [0.2, 0.25) is 0 Å². The molecule has 0 aliphatic rings. The maximum atomic E-state index is 12.4. The van der Waals surface area contributed by atoms with Crippen LogP contribution >= 0.6 is 27.7 Å². The highest BCUT2D eigenvalue weighted by Gasteiger charge is 2.20. The summed E-state index contributed by atoms with van der Waals surface area (Å²) in [6.45, 7) is 0.578. The number of amides is 2. The second-order valence-electron chi connectivity index (χ2n) is 5.94. The number of carbonyl (C=O) groups is 1. The molecule has 1 atom stereocenters. The second-order valence-corrected chi connectivity index (χ2v) is 8.03. The van der Waals surface area contributed by atoms with Crippen molar-refractivity contribution in [2.75, 3.05) is 12.3 Å². The number of benzene rings is 2. The van der Waals surface area contributed by atoms with Gasteiger partial charge < -0.3 is 15.2 Å². The summed E-state index contributed by atoms with van der Waals surface area (Å²) in [7, 11) is 1.92. The van der Waals surface area contributed by atoms with E-state index in [9.17, 15) is 4.79 Å². The molecule has 0 saturated carbocycles. The fraction of sp³-hybridized carbons (Fsp3) is 0.200. The summed E-state index contributed by atoms with van der Waals surface area (Å²) in [6, 6.07) is 17.5. The van der Waals surface area contributed by atoms with Gasteiger partial charge >= 0.3 is 6.03 Å². The quantitative estimate of drug-likeness (QED) is 0.420. The predicted molar refractivity (Wildman–Crippen MR) is 113 cm³/mol. The maximum absolute atomic E-state index is 12.4. The molecule has 0 aliphatic heterocycles. The van der Waals surface area contributed by atoms with Crippen LogP contribution in [0.3, 0.4) is 0 Å². The fourth-order valence-corrected chi connectivity index (χ4v) is 3.68. The minimum Gasteiger partial charge on any atom is -0.337 e. The summed E-state index contributed by atoms with van der Waals surface area (Å²) < 4.78 is 2.98. The SMILES string of the molecule is Cn1ccnc1C(NC(=O)NCCSc1ccc(Br)cc1)c1ccccc1. The fourth-order valence-electron chi connectivity index (χ4n) is 2.64. The van der Waals surface area contributed by atoms with E-state index >= 15 is 0 Å². The van der Waals surface area contributed by atoms with Gasteiger partial charge in [0.15, 0.2) is 0 Å². The number of rotatable bonds is 7. The molecule has 1 aromatic heterocycles. The molecule has 0 bridgehead atoms. The molecular formula is C20H21BrN4OS. The van der Waals surface area contributed by atoms with Crippen molar-refractivity contribution in [1.82, 2.24) is 20.2 Å². The maximum Gasteiger partial charge on any atom is 0.315 e. The van der Waals surface area contributed by atoms with Crippen LogP contribution in [0.15, 0.2) is 76.4 Å². The topological polar surface area (TPSA) is 59.0 Å². The summed E-state index contributed by atoms with van der Waals surface area (Å²) in [5.41, 5.74) is 0.992. The number of carbonyl (C=O) groups excluding carboxylic acids is 1. The molecular weight excluding hydrogens is 424 g/mol. The first-order chi connectivity index (χ1) is 13.1. The first kappa shape index (κ1) is 19.5. The molecule has 0 spiro atoms. The number of nitrogens with one attached hydrogen (secondary N) is 2. The van der Waals surface area contributed by atoms with E-state index in [1.165, 1.54) is 4.90 Å². The van der Waals surface area contributed by atoms with Crippen LogP contribution < -0.4 is 10.6 Å². The molecule has 2 amide bonds. The highest BCUT2D eigenvalue weighted by atomic mass is 79.9. The minimum absolute atomic E-state index is 0.205. The number of urea groups is 1. The van der Waals surface area contributed by atoms with Crippen molar-refractivity contribution in [1.29, 1.82) is 0 Å². The molecule has 3 aromatic rings. The lowest BCUT2D eigenvalue weighted by atomic mass is 10.1. The number of hydrogen-bond acceptors (Lipinski definition) is 3. The molecule has 5 nitrogen and oxygen atoms in total. The van der Waals surface area contributed by atoms with Gasteiger partial charge in [-0.05, 0) is 29.8 Å². The number of thioether (sulfide) groups is 1. The Labute approximate surface area is 171 Å². The summed E-state index contributed by atoms with van der Waals surface area (Å²) in [6.07, 6.45) is 3.61. The average Bonchev–Trinajstić information content (AvgIpc) is 3.11. The number of halogens is 1. The summed E-state index contributed by atoms with van der Waals surface area (Å²) in [5.74, 6) is 1.59. The summed E-state index contributed by atoms with van der Waals surface area (Å²) in [4.78, 5) is 18.0. The smallest absolute Gasteiger partial charge is 0.315 e. The Morgan fingerprint density at radius 1 is 1.19 bits per heavy atom. The third-order valence-corrected chi connectivity index (χ3v) is 5.54. The number of imidazole rings is 1. The third kappa shape index (κ3) is 5.61. The van der Waals surface area contributed by atoms with Gasteiger partial charge in [0, 0.05) is 41.1 Å². The molecule has 27 heavy (non-hydrogen) atoms. The van der Waals surface area contributed by atoms with E-state index < -0.39 is 0 Å². The molecule has 0 fully saturated rings. The Bertz CT molecular complexity index is 867. The van der Waals surface area contributed by atoms with Gasteiger partial charge in [-0.15, -0.1) is 11.8 Å². The van der Waals surface area contributed by atoms with E-state index in [-0.39, 0.29) is 12.1 Å². The molecule has 2 aromatic carbocycles. The van der Waals surface area contributed by atoms with E-state index in [0.717, 1.165) is 21.6 Å². The molecule has 7 heteroatoms. The van der Waals surface area contributed by atoms with Crippen LogP contribution in [0.2, 0.25) is 0 Å². The van der Waals surface area contributed by atoms with E-state index in [0.29, 0.717) is 6.54 Å². The van der Waals surface area contributed by atoms with Crippen LogP contribution in [0, 0.1) is 0 Å². The first-order valence-corrected chi connectivity index (χ1v) is 10.4. The van der Waals surface area contributed by atoms with Crippen molar-refractivity contribution in [3.63, 3.8) is 0 Å². The minimum atomic E-state index is -0.301. The van der Waals surface area contributed by atoms with Crippen molar-refractivity contribution >= 4 is 33.7 Å². The van der Waals surface area contributed by atoms with Gasteiger partial charge in [-0.1, -0.05) is 46.3 Å². The Morgan fingerprint density at radius 3 is 2.59 bits per heavy atom. The third-order valence-electron chi connectivity index (χ3n) is 3.99. The Hall–Kier alpha value is -2.25. The van der Waals surface area contributed by atoms with Crippen molar-refractivity contribution in [2.24, 2.45) is 7.05 Å². The summed E-state index contributed by atoms with van der Waals surface area (Å²) in [5, 5.41) is 5.96. The predicted octanol–water partition coefficient (Wildman–Crippen LogP) is 4.36. The van der Waals surface area contributed by atoms with Crippen LogP contribution in [0.1, 0.15) is 17.4 Å². The molecule has 1 heterocycles. The van der Waals surface area contributed by atoms with Crippen LogP contribution in [0.25, 0.3) is 0 Å². The van der Waals surface area contributed by atoms with Crippen molar-refractivity contribution in [3.8, 4) is 0 Å². The van der Waals surface area contributed by atoms with E-state index in [1.807, 2.05) is 60.3 Å². The van der Waals surface area contributed by atoms with Crippen molar-refractivity contribution in [2.45, 2.75) is 10.9 Å². The van der Waals surface area contributed by atoms with E-state index in [4.69, 9.17) is 0 Å². The van der Waals surface area contributed by atoms with Crippen LogP contribution in [0.4, 0.5) is 4.79 Å². The summed E-state index contributed by atoms with van der Waals surface area (Å²) >= 11 is 5.14. The molecule has 140 valence electrons. The van der Waals surface area contributed by atoms with Gasteiger partial charge in [-0.25, -0.2) is 9.78 Å². The highest BCUT2D eigenvalue weighted by molar-refractivity contribution is 9.10. The molecule has 0 aliphatic carbocycles. The first-order valence-electron chi connectivity index (χ1n) is 8.58. The lowest BCUT2D eigenvalue weighted by molar-refractivity contribution is 0.238.